The molecule has 0 spiro atoms. The third-order valence-electron chi connectivity index (χ3n) is 2.94. The molecule has 2 rings (SSSR count). The standard InChI is InChI=1S/C9H15N3O/c10-2-1-9(7-13-8-9)12-5-3-11-4-6-12/h11H,1,3-8H2. The van der Waals surface area contributed by atoms with Crippen LogP contribution in [0.2, 0.25) is 0 Å². The number of nitrogens with zero attached hydrogens (tertiary/aromatic N) is 2. The molecule has 0 radical (unpaired) electrons. The first-order valence-corrected chi connectivity index (χ1v) is 4.78. The first-order chi connectivity index (χ1) is 6.37. The second-order valence-corrected chi connectivity index (χ2v) is 3.79. The molecular formula is C9H15N3O. The Hall–Kier alpha value is -0.630. The maximum Gasteiger partial charge on any atom is 0.0810 e. The second kappa shape index (κ2) is 3.62. The minimum absolute atomic E-state index is 0.0524. The summed E-state index contributed by atoms with van der Waals surface area (Å²) in [5, 5.41) is 12.1. The molecule has 0 bridgehead atoms. The van der Waals surface area contributed by atoms with E-state index in [-0.39, 0.29) is 5.54 Å². The van der Waals surface area contributed by atoms with Crippen LogP contribution in [0.25, 0.3) is 0 Å². The van der Waals surface area contributed by atoms with Gasteiger partial charge in [-0.05, 0) is 0 Å². The quantitative estimate of drug-likeness (QED) is 0.628. The Morgan fingerprint density at radius 3 is 2.54 bits per heavy atom. The van der Waals surface area contributed by atoms with Gasteiger partial charge in [0.25, 0.3) is 0 Å². The molecule has 2 fully saturated rings. The first-order valence-electron chi connectivity index (χ1n) is 4.78. The Morgan fingerprint density at radius 2 is 2.08 bits per heavy atom. The molecule has 0 aliphatic carbocycles. The van der Waals surface area contributed by atoms with Gasteiger partial charge in [-0.15, -0.1) is 0 Å². The van der Waals surface area contributed by atoms with E-state index in [1.165, 1.54) is 0 Å². The van der Waals surface area contributed by atoms with E-state index < -0.39 is 0 Å². The van der Waals surface area contributed by atoms with Gasteiger partial charge in [0.2, 0.25) is 0 Å². The molecule has 0 saturated carbocycles. The average molecular weight is 181 g/mol. The molecule has 0 aromatic heterocycles. The Bertz CT molecular complexity index is 213. The summed E-state index contributed by atoms with van der Waals surface area (Å²) in [6, 6.07) is 2.27. The molecule has 2 aliphatic rings. The summed E-state index contributed by atoms with van der Waals surface area (Å²) < 4.78 is 5.23. The van der Waals surface area contributed by atoms with Crippen molar-refractivity contribution in [2.75, 3.05) is 39.4 Å². The van der Waals surface area contributed by atoms with Crippen molar-refractivity contribution in [2.45, 2.75) is 12.0 Å². The van der Waals surface area contributed by atoms with Crippen LogP contribution in [0, 0.1) is 11.3 Å². The van der Waals surface area contributed by atoms with E-state index >= 15 is 0 Å². The zero-order valence-electron chi connectivity index (χ0n) is 7.75. The monoisotopic (exact) mass is 181 g/mol. The molecule has 13 heavy (non-hydrogen) atoms. The minimum atomic E-state index is 0.0524. The van der Waals surface area contributed by atoms with E-state index in [1.54, 1.807) is 0 Å². The molecule has 2 saturated heterocycles. The summed E-state index contributed by atoms with van der Waals surface area (Å²) in [6.45, 7) is 5.64. The Kier molecular flexibility index (Phi) is 2.49. The van der Waals surface area contributed by atoms with Gasteiger partial charge in [-0.1, -0.05) is 0 Å². The van der Waals surface area contributed by atoms with Crippen molar-refractivity contribution in [1.82, 2.24) is 10.2 Å². The fraction of sp³-hybridized carbons (Fsp3) is 0.889. The van der Waals surface area contributed by atoms with E-state index in [2.05, 4.69) is 16.3 Å². The molecule has 0 aromatic carbocycles. The molecule has 0 atom stereocenters. The summed E-state index contributed by atoms with van der Waals surface area (Å²) >= 11 is 0. The van der Waals surface area contributed by atoms with Gasteiger partial charge in [-0.3, -0.25) is 4.90 Å². The fourth-order valence-electron chi connectivity index (χ4n) is 2.02. The van der Waals surface area contributed by atoms with E-state index in [9.17, 15) is 0 Å². The van der Waals surface area contributed by atoms with E-state index in [4.69, 9.17) is 10.00 Å². The van der Waals surface area contributed by atoms with Gasteiger partial charge in [-0.2, -0.15) is 5.26 Å². The number of rotatable bonds is 2. The van der Waals surface area contributed by atoms with Crippen molar-refractivity contribution in [3.8, 4) is 6.07 Å². The summed E-state index contributed by atoms with van der Waals surface area (Å²) in [5.74, 6) is 0. The SMILES string of the molecule is N#CCC1(N2CCNCC2)COC1. The molecule has 4 heteroatoms. The van der Waals surface area contributed by atoms with Crippen LogP contribution in [-0.4, -0.2) is 49.8 Å². The average Bonchev–Trinajstić information content (AvgIpc) is 2.13. The van der Waals surface area contributed by atoms with Crippen LogP contribution in [0.3, 0.4) is 0 Å². The third-order valence-corrected chi connectivity index (χ3v) is 2.94. The van der Waals surface area contributed by atoms with Crippen LogP contribution in [0.4, 0.5) is 0 Å². The lowest BCUT2D eigenvalue weighted by molar-refractivity contribution is -0.140. The van der Waals surface area contributed by atoms with E-state index in [1.807, 2.05) is 0 Å². The lowest BCUT2D eigenvalue weighted by Crippen LogP contribution is -2.65. The van der Waals surface area contributed by atoms with Crippen LogP contribution in [0.15, 0.2) is 0 Å². The molecule has 2 aliphatic heterocycles. The summed E-state index contributed by atoms with van der Waals surface area (Å²) in [5.41, 5.74) is 0.0524. The zero-order valence-corrected chi connectivity index (χ0v) is 7.75. The smallest absolute Gasteiger partial charge is 0.0810 e. The molecular weight excluding hydrogens is 166 g/mol. The predicted molar refractivity (Wildman–Crippen MR) is 48.2 cm³/mol. The molecule has 0 amide bonds. The maximum atomic E-state index is 8.75. The van der Waals surface area contributed by atoms with Crippen LogP contribution in [0.5, 0.6) is 0 Å². The topological polar surface area (TPSA) is 48.3 Å². The van der Waals surface area contributed by atoms with Crippen molar-refractivity contribution in [1.29, 1.82) is 5.26 Å². The number of piperazine rings is 1. The Morgan fingerprint density at radius 1 is 1.38 bits per heavy atom. The molecule has 1 N–H and O–H groups in total. The maximum absolute atomic E-state index is 8.75. The minimum Gasteiger partial charge on any atom is -0.377 e. The second-order valence-electron chi connectivity index (χ2n) is 3.79. The zero-order chi connectivity index (χ0) is 9.15. The number of nitriles is 1. The lowest BCUT2D eigenvalue weighted by atomic mass is 9.91. The highest BCUT2D eigenvalue weighted by atomic mass is 16.5. The highest BCUT2D eigenvalue weighted by molar-refractivity contribution is 5.03. The number of ether oxygens (including phenoxy) is 1. The number of nitrogens with one attached hydrogen (secondary N) is 1. The van der Waals surface area contributed by atoms with Gasteiger partial charge >= 0.3 is 0 Å². The summed E-state index contributed by atoms with van der Waals surface area (Å²) in [4.78, 5) is 2.40. The molecule has 0 aromatic rings. The van der Waals surface area contributed by atoms with Crippen LogP contribution in [0.1, 0.15) is 6.42 Å². The van der Waals surface area contributed by atoms with Gasteiger partial charge in [0.15, 0.2) is 0 Å². The number of hydrogen-bond acceptors (Lipinski definition) is 4. The van der Waals surface area contributed by atoms with Gasteiger partial charge in [0.1, 0.15) is 0 Å². The van der Waals surface area contributed by atoms with Gasteiger partial charge < -0.3 is 10.1 Å². The molecule has 0 unspecified atom stereocenters. The molecule has 4 nitrogen and oxygen atoms in total. The third kappa shape index (κ3) is 1.55. The van der Waals surface area contributed by atoms with Crippen molar-refractivity contribution < 1.29 is 4.74 Å². The van der Waals surface area contributed by atoms with Gasteiger partial charge in [0.05, 0.1) is 31.2 Å². The first kappa shape index (κ1) is 8.95. The highest BCUT2D eigenvalue weighted by Gasteiger charge is 2.44. The summed E-state index contributed by atoms with van der Waals surface area (Å²) in [6.07, 6.45) is 0.604. The Balaban J connectivity index is 1.98. The van der Waals surface area contributed by atoms with E-state index in [0.717, 1.165) is 39.4 Å². The highest BCUT2D eigenvalue weighted by Crippen LogP contribution is 2.28. The van der Waals surface area contributed by atoms with Crippen molar-refractivity contribution in [3.63, 3.8) is 0 Å². The molecule has 72 valence electrons. The van der Waals surface area contributed by atoms with Gasteiger partial charge in [0, 0.05) is 26.2 Å². The van der Waals surface area contributed by atoms with Crippen molar-refractivity contribution in [3.05, 3.63) is 0 Å². The predicted octanol–water partition coefficient (Wildman–Crippen LogP) is -0.426. The molecule has 2 heterocycles. The Labute approximate surface area is 78.5 Å². The van der Waals surface area contributed by atoms with Crippen molar-refractivity contribution >= 4 is 0 Å². The number of hydrogen-bond donors (Lipinski definition) is 1. The van der Waals surface area contributed by atoms with E-state index in [0.29, 0.717) is 6.42 Å². The van der Waals surface area contributed by atoms with Crippen LogP contribution >= 0.6 is 0 Å². The lowest BCUT2D eigenvalue weighted by Gasteiger charge is -2.49. The fourth-order valence-corrected chi connectivity index (χ4v) is 2.02. The van der Waals surface area contributed by atoms with Crippen LogP contribution < -0.4 is 5.32 Å². The van der Waals surface area contributed by atoms with Gasteiger partial charge in [-0.25, -0.2) is 0 Å². The largest absolute Gasteiger partial charge is 0.377 e. The normalized spacial score (nSPS) is 27.6. The summed E-state index contributed by atoms with van der Waals surface area (Å²) in [7, 11) is 0. The van der Waals surface area contributed by atoms with Crippen molar-refractivity contribution in [2.24, 2.45) is 0 Å². The van der Waals surface area contributed by atoms with Crippen LogP contribution in [-0.2, 0) is 4.74 Å².